The summed E-state index contributed by atoms with van der Waals surface area (Å²) in [5.74, 6) is -0.234. The lowest BCUT2D eigenvalue weighted by Gasteiger charge is -2.28. The summed E-state index contributed by atoms with van der Waals surface area (Å²) in [5.41, 5.74) is 4.97. The largest absolute Gasteiger partial charge is 0.368 e. The first-order chi connectivity index (χ1) is 9.00. The number of nitrogens with zero attached hydrogens (tertiary/aromatic N) is 1. The molecule has 0 saturated heterocycles. The third-order valence-corrected chi connectivity index (χ3v) is 3.70. The van der Waals surface area contributed by atoms with Crippen LogP contribution < -0.4 is 11.1 Å². The number of primary amides is 1. The van der Waals surface area contributed by atoms with Gasteiger partial charge in [-0.05, 0) is 65.2 Å². The Balaban J connectivity index is 4.02. The fourth-order valence-corrected chi connectivity index (χ4v) is 2.26. The summed E-state index contributed by atoms with van der Waals surface area (Å²) < 4.78 is 0. The molecule has 0 bridgehead atoms. The zero-order chi connectivity index (χ0) is 14.7. The molecule has 1 atom stereocenters. The van der Waals surface area contributed by atoms with Gasteiger partial charge in [0.1, 0.15) is 0 Å². The second kappa shape index (κ2) is 10.2. The molecule has 4 nitrogen and oxygen atoms in total. The molecule has 0 fully saturated rings. The predicted molar refractivity (Wildman–Crippen MR) is 82.1 cm³/mol. The summed E-state index contributed by atoms with van der Waals surface area (Å²) in [6.07, 6.45) is 5.21. The van der Waals surface area contributed by atoms with E-state index in [2.05, 4.69) is 31.0 Å². The van der Waals surface area contributed by atoms with E-state index in [-0.39, 0.29) is 5.91 Å². The summed E-state index contributed by atoms with van der Waals surface area (Å²) in [5, 5.41) is 3.28. The molecule has 0 rings (SSSR count). The van der Waals surface area contributed by atoms with Crippen LogP contribution in [0.15, 0.2) is 0 Å². The number of carbonyl (C=O) groups excluding carboxylic acids is 1. The van der Waals surface area contributed by atoms with Crippen LogP contribution in [0, 0.1) is 0 Å². The maximum atomic E-state index is 11.6. The van der Waals surface area contributed by atoms with E-state index in [4.69, 9.17) is 5.73 Å². The molecule has 0 aliphatic carbocycles. The van der Waals surface area contributed by atoms with Crippen LogP contribution in [0.2, 0.25) is 0 Å². The van der Waals surface area contributed by atoms with Crippen LogP contribution in [0.1, 0.15) is 59.8 Å². The lowest BCUT2D eigenvalue weighted by atomic mass is 9.93. The fourth-order valence-electron chi connectivity index (χ4n) is 2.26. The van der Waals surface area contributed by atoms with E-state index in [1.54, 1.807) is 0 Å². The van der Waals surface area contributed by atoms with Gasteiger partial charge >= 0.3 is 0 Å². The molecule has 1 unspecified atom stereocenters. The smallest absolute Gasteiger partial charge is 0.237 e. The van der Waals surface area contributed by atoms with Gasteiger partial charge in [-0.15, -0.1) is 0 Å². The van der Waals surface area contributed by atoms with Crippen LogP contribution in [0.4, 0.5) is 0 Å². The van der Waals surface area contributed by atoms with E-state index in [0.717, 1.165) is 51.9 Å². The number of unbranched alkanes of at least 4 members (excludes halogenated alkanes) is 1. The molecule has 0 aromatic carbocycles. The Morgan fingerprint density at radius 3 is 2.32 bits per heavy atom. The van der Waals surface area contributed by atoms with E-state index >= 15 is 0 Å². The number of rotatable bonds is 12. The Bertz CT molecular complexity index is 246. The van der Waals surface area contributed by atoms with Gasteiger partial charge in [-0.3, -0.25) is 4.79 Å². The normalized spacial score (nSPS) is 14.6. The van der Waals surface area contributed by atoms with Gasteiger partial charge in [-0.2, -0.15) is 0 Å². The van der Waals surface area contributed by atoms with Crippen LogP contribution in [-0.4, -0.2) is 42.5 Å². The van der Waals surface area contributed by atoms with Crippen molar-refractivity contribution in [3.8, 4) is 0 Å². The number of hydrogen-bond acceptors (Lipinski definition) is 3. The van der Waals surface area contributed by atoms with Crippen molar-refractivity contribution in [2.24, 2.45) is 5.73 Å². The third kappa shape index (κ3) is 7.53. The molecule has 0 aliphatic heterocycles. The molecule has 0 aromatic rings. The highest BCUT2D eigenvalue weighted by Gasteiger charge is 2.29. The second-order valence-corrected chi connectivity index (χ2v) is 5.51. The average Bonchev–Trinajstić information content (AvgIpc) is 2.39. The Labute approximate surface area is 119 Å². The monoisotopic (exact) mass is 271 g/mol. The molecule has 0 aromatic heterocycles. The molecule has 0 spiro atoms. The van der Waals surface area contributed by atoms with Crippen LogP contribution in [0.5, 0.6) is 0 Å². The first-order valence-electron chi connectivity index (χ1n) is 7.77. The number of hydrogen-bond donors (Lipinski definition) is 2. The van der Waals surface area contributed by atoms with Crippen LogP contribution in [-0.2, 0) is 4.79 Å². The molecule has 0 saturated carbocycles. The molecule has 114 valence electrons. The molecular weight excluding hydrogens is 238 g/mol. The van der Waals surface area contributed by atoms with Gasteiger partial charge in [0.25, 0.3) is 0 Å². The van der Waals surface area contributed by atoms with Gasteiger partial charge in [0.2, 0.25) is 5.91 Å². The summed E-state index contributed by atoms with van der Waals surface area (Å²) in [7, 11) is 0. The van der Waals surface area contributed by atoms with Crippen molar-refractivity contribution in [2.45, 2.75) is 65.3 Å². The maximum Gasteiger partial charge on any atom is 0.237 e. The Morgan fingerprint density at radius 2 is 1.84 bits per heavy atom. The summed E-state index contributed by atoms with van der Waals surface area (Å²) in [4.78, 5) is 14.0. The number of nitrogens with two attached hydrogens (primary N) is 1. The number of nitrogens with one attached hydrogen (secondary N) is 1. The minimum absolute atomic E-state index is 0.234. The standard InChI is InChI=1S/C15H33N3O/c1-5-11-17-15(4,14(16)19)10-8-9-13-18(7-3)12-6-2/h17H,5-13H2,1-4H3,(H2,16,19). The van der Waals surface area contributed by atoms with Gasteiger partial charge in [0.15, 0.2) is 0 Å². The highest BCUT2D eigenvalue weighted by Crippen LogP contribution is 2.14. The molecule has 0 radical (unpaired) electrons. The summed E-state index contributed by atoms with van der Waals surface area (Å²) in [6, 6.07) is 0. The van der Waals surface area contributed by atoms with Crippen molar-refractivity contribution >= 4 is 5.91 Å². The predicted octanol–water partition coefficient (Wildman–Crippen LogP) is 2.13. The minimum Gasteiger partial charge on any atom is -0.368 e. The maximum absolute atomic E-state index is 11.6. The van der Waals surface area contributed by atoms with Gasteiger partial charge in [-0.25, -0.2) is 0 Å². The van der Waals surface area contributed by atoms with Gasteiger partial charge in [0.05, 0.1) is 5.54 Å². The van der Waals surface area contributed by atoms with Crippen molar-refractivity contribution in [3.63, 3.8) is 0 Å². The summed E-state index contributed by atoms with van der Waals surface area (Å²) >= 11 is 0. The van der Waals surface area contributed by atoms with Gasteiger partial charge in [0, 0.05) is 0 Å². The quantitative estimate of drug-likeness (QED) is 0.535. The highest BCUT2D eigenvalue weighted by atomic mass is 16.1. The molecule has 1 amide bonds. The zero-order valence-corrected chi connectivity index (χ0v) is 13.3. The van der Waals surface area contributed by atoms with Crippen molar-refractivity contribution < 1.29 is 4.79 Å². The Kier molecular flexibility index (Phi) is 9.88. The average molecular weight is 271 g/mol. The van der Waals surface area contributed by atoms with Crippen molar-refractivity contribution in [3.05, 3.63) is 0 Å². The lowest BCUT2D eigenvalue weighted by Crippen LogP contribution is -2.53. The minimum atomic E-state index is -0.544. The van der Waals surface area contributed by atoms with Gasteiger partial charge in [-0.1, -0.05) is 20.8 Å². The van der Waals surface area contributed by atoms with E-state index in [9.17, 15) is 4.79 Å². The summed E-state index contributed by atoms with van der Waals surface area (Å²) in [6.45, 7) is 12.7. The molecule has 0 heterocycles. The molecule has 4 heteroatoms. The van der Waals surface area contributed by atoms with Crippen molar-refractivity contribution in [2.75, 3.05) is 26.2 Å². The van der Waals surface area contributed by atoms with E-state index < -0.39 is 5.54 Å². The molecule has 19 heavy (non-hydrogen) atoms. The Hall–Kier alpha value is -0.610. The van der Waals surface area contributed by atoms with Crippen LogP contribution >= 0.6 is 0 Å². The lowest BCUT2D eigenvalue weighted by molar-refractivity contribution is -0.124. The second-order valence-electron chi connectivity index (χ2n) is 5.51. The highest BCUT2D eigenvalue weighted by molar-refractivity contribution is 5.84. The molecule has 0 aliphatic rings. The fraction of sp³-hybridized carbons (Fsp3) is 0.933. The van der Waals surface area contributed by atoms with Crippen molar-refractivity contribution in [1.29, 1.82) is 0 Å². The van der Waals surface area contributed by atoms with E-state index in [0.29, 0.717) is 0 Å². The van der Waals surface area contributed by atoms with Crippen LogP contribution in [0.3, 0.4) is 0 Å². The van der Waals surface area contributed by atoms with Crippen LogP contribution in [0.25, 0.3) is 0 Å². The first kappa shape index (κ1) is 18.4. The zero-order valence-electron chi connectivity index (χ0n) is 13.3. The third-order valence-electron chi connectivity index (χ3n) is 3.70. The molecular formula is C15H33N3O. The number of carbonyl (C=O) groups is 1. The SMILES string of the molecule is CCCNC(C)(CCCCN(CC)CCC)C(N)=O. The topological polar surface area (TPSA) is 58.4 Å². The number of amides is 1. The van der Waals surface area contributed by atoms with E-state index in [1.165, 1.54) is 6.42 Å². The van der Waals surface area contributed by atoms with E-state index in [1.807, 2.05) is 6.92 Å². The van der Waals surface area contributed by atoms with Gasteiger partial charge < -0.3 is 16.0 Å². The molecule has 3 N–H and O–H groups in total. The Morgan fingerprint density at radius 1 is 1.16 bits per heavy atom. The first-order valence-corrected chi connectivity index (χ1v) is 7.77. The van der Waals surface area contributed by atoms with Crippen molar-refractivity contribution in [1.82, 2.24) is 10.2 Å².